The predicted octanol–water partition coefficient (Wildman–Crippen LogP) is 1.92. The molecular formula is C20H40IN5O2. The van der Waals surface area contributed by atoms with Crippen LogP contribution in [0.2, 0.25) is 0 Å². The van der Waals surface area contributed by atoms with Gasteiger partial charge in [-0.05, 0) is 31.6 Å². The van der Waals surface area contributed by atoms with E-state index in [1.807, 2.05) is 0 Å². The number of carbonyl (C=O) groups excluding carboxylic acids is 1. The number of guanidine groups is 1. The highest BCUT2D eigenvalue weighted by Crippen LogP contribution is 2.41. The lowest BCUT2D eigenvalue weighted by Crippen LogP contribution is -2.54. The Kier molecular flexibility index (Phi) is 12.3. The third-order valence-corrected chi connectivity index (χ3v) is 5.98. The lowest BCUT2D eigenvalue weighted by atomic mass is 9.83. The van der Waals surface area contributed by atoms with Crippen LogP contribution in [0.15, 0.2) is 4.99 Å². The molecule has 0 atom stereocenters. The van der Waals surface area contributed by atoms with Crippen molar-refractivity contribution >= 4 is 35.8 Å². The van der Waals surface area contributed by atoms with Crippen LogP contribution in [-0.2, 0) is 9.53 Å². The van der Waals surface area contributed by atoms with Gasteiger partial charge in [-0.1, -0.05) is 19.8 Å². The second kappa shape index (κ2) is 13.6. The number of nitrogens with zero attached hydrogens (tertiary/aromatic N) is 3. The summed E-state index contributed by atoms with van der Waals surface area (Å²) in [4.78, 5) is 21.5. The lowest BCUT2D eigenvalue weighted by molar-refractivity contribution is -0.122. The monoisotopic (exact) mass is 509 g/mol. The first-order chi connectivity index (χ1) is 13.1. The fourth-order valence-corrected chi connectivity index (χ4v) is 4.09. The number of piperazine rings is 1. The largest absolute Gasteiger partial charge is 0.383 e. The minimum atomic E-state index is 0. The summed E-state index contributed by atoms with van der Waals surface area (Å²) in [7, 11) is 1.64. The molecule has 1 aliphatic heterocycles. The second-order valence-electron chi connectivity index (χ2n) is 7.84. The van der Waals surface area contributed by atoms with Crippen molar-refractivity contribution in [3.63, 3.8) is 0 Å². The Labute approximate surface area is 188 Å². The summed E-state index contributed by atoms with van der Waals surface area (Å²) in [5.74, 6) is 1.12. The minimum absolute atomic E-state index is 0. The molecule has 2 rings (SSSR count). The summed E-state index contributed by atoms with van der Waals surface area (Å²) >= 11 is 0. The SMILES string of the molecule is CCNC(=NCC1(CC)CCCC1)N1CCN(CC(=O)NCCOC)CC1.I. The summed E-state index contributed by atoms with van der Waals surface area (Å²) in [6, 6.07) is 0. The van der Waals surface area contributed by atoms with E-state index in [1.54, 1.807) is 7.11 Å². The highest BCUT2D eigenvalue weighted by Gasteiger charge is 2.32. The molecule has 0 aromatic heterocycles. The third-order valence-electron chi connectivity index (χ3n) is 5.98. The maximum atomic E-state index is 12.0. The van der Waals surface area contributed by atoms with Gasteiger partial charge in [-0.2, -0.15) is 0 Å². The fraction of sp³-hybridized carbons (Fsp3) is 0.900. The van der Waals surface area contributed by atoms with Gasteiger partial charge in [0.1, 0.15) is 0 Å². The third kappa shape index (κ3) is 8.02. The summed E-state index contributed by atoms with van der Waals surface area (Å²) < 4.78 is 4.97. The van der Waals surface area contributed by atoms with Crippen molar-refractivity contribution in [1.82, 2.24) is 20.4 Å². The van der Waals surface area contributed by atoms with Crippen LogP contribution in [0, 0.1) is 5.41 Å². The van der Waals surface area contributed by atoms with Gasteiger partial charge in [-0.3, -0.25) is 14.7 Å². The zero-order valence-electron chi connectivity index (χ0n) is 18.0. The van der Waals surface area contributed by atoms with Gasteiger partial charge >= 0.3 is 0 Å². The number of nitrogens with one attached hydrogen (secondary N) is 2. The summed E-state index contributed by atoms with van der Waals surface area (Å²) in [6.45, 7) is 11.5. The van der Waals surface area contributed by atoms with Crippen LogP contribution in [0.1, 0.15) is 46.0 Å². The number of halogens is 1. The van der Waals surface area contributed by atoms with E-state index < -0.39 is 0 Å². The van der Waals surface area contributed by atoms with Gasteiger partial charge in [-0.15, -0.1) is 24.0 Å². The summed E-state index contributed by atoms with van der Waals surface area (Å²) in [5.41, 5.74) is 0.419. The van der Waals surface area contributed by atoms with Gasteiger partial charge < -0.3 is 20.3 Å². The van der Waals surface area contributed by atoms with Gasteiger partial charge in [-0.25, -0.2) is 0 Å². The number of amides is 1. The fourth-order valence-electron chi connectivity index (χ4n) is 4.09. The average Bonchev–Trinajstić information content (AvgIpc) is 3.15. The second-order valence-corrected chi connectivity index (χ2v) is 7.84. The zero-order chi connectivity index (χ0) is 19.5. The van der Waals surface area contributed by atoms with E-state index in [9.17, 15) is 4.79 Å². The first-order valence-corrected chi connectivity index (χ1v) is 10.6. The van der Waals surface area contributed by atoms with Crippen molar-refractivity contribution in [2.24, 2.45) is 10.4 Å². The van der Waals surface area contributed by atoms with Crippen LogP contribution in [-0.4, -0.2) is 87.7 Å². The molecule has 1 heterocycles. The number of methoxy groups -OCH3 is 1. The van der Waals surface area contributed by atoms with E-state index >= 15 is 0 Å². The van der Waals surface area contributed by atoms with E-state index in [0.29, 0.717) is 25.1 Å². The highest BCUT2D eigenvalue weighted by atomic mass is 127. The molecule has 164 valence electrons. The molecule has 0 radical (unpaired) electrons. The molecule has 2 aliphatic rings. The first kappa shape index (κ1) is 25.4. The van der Waals surface area contributed by atoms with E-state index in [1.165, 1.54) is 32.1 Å². The van der Waals surface area contributed by atoms with Crippen LogP contribution in [0.5, 0.6) is 0 Å². The Morgan fingerprint density at radius 1 is 1.11 bits per heavy atom. The summed E-state index contributed by atoms with van der Waals surface area (Å²) in [6.07, 6.45) is 6.56. The predicted molar refractivity (Wildman–Crippen MR) is 125 cm³/mol. The van der Waals surface area contributed by atoms with Crippen LogP contribution in [0.25, 0.3) is 0 Å². The van der Waals surface area contributed by atoms with Gasteiger partial charge in [0.05, 0.1) is 13.2 Å². The molecular weight excluding hydrogens is 469 g/mol. The van der Waals surface area contributed by atoms with Gasteiger partial charge in [0.15, 0.2) is 5.96 Å². The van der Waals surface area contributed by atoms with Crippen molar-refractivity contribution < 1.29 is 9.53 Å². The van der Waals surface area contributed by atoms with Crippen LogP contribution in [0.3, 0.4) is 0 Å². The molecule has 0 aromatic carbocycles. The molecule has 7 nitrogen and oxygen atoms in total. The van der Waals surface area contributed by atoms with Crippen molar-refractivity contribution in [3.8, 4) is 0 Å². The molecule has 1 saturated carbocycles. The number of hydrogen-bond acceptors (Lipinski definition) is 4. The number of aliphatic imine (C=N–C) groups is 1. The van der Waals surface area contributed by atoms with Gasteiger partial charge in [0, 0.05) is 52.9 Å². The molecule has 0 bridgehead atoms. The van der Waals surface area contributed by atoms with Crippen molar-refractivity contribution in [3.05, 3.63) is 0 Å². The summed E-state index contributed by atoms with van der Waals surface area (Å²) in [5, 5.41) is 6.36. The van der Waals surface area contributed by atoms with E-state index in [0.717, 1.165) is 45.2 Å². The van der Waals surface area contributed by atoms with Crippen LogP contribution < -0.4 is 10.6 Å². The minimum Gasteiger partial charge on any atom is -0.383 e. The zero-order valence-corrected chi connectivity index (χ0v) is 20.3. The van der Waals surface area contributed by atoms with Gasteiger partial charge in [0.25, 0.3) is 0 Å². The normalized spacial score (nSPS) is 20.0. The number of ether oxygens (including phenoxy) is 1. The van der Waals surface area contributed by atoms with Crippen molar-refractivity contribution in [1.29, 1.82) is 0 Å². The number of carbonyl (C=O) groups is 1. The van der Waals surface area contributed by atoms with Gasteiger partial charge in [0.2, 0.25) is 5.91 Å². The molecule has 0 spiro atoms. The quantitative estimate of drug-likeness (QED) is 0.215. The Morgan fingerprint density at radius 2 is 1.79 bits per heavy atom. The molecule has 2 N–H and O–H groups in total. The van der Waals surface area contributed by atoms with E-state index in [4.69, 9.17) is 9.73 Å². The Hall–Kier alpha value is -0.610. The maximum Gasteiger partial charge on any atom is 0.234 e. The highest BCUT2D eigenvalue weighted by molar-refractivity contribution is 14.0. The van der Waals surface area contributed by atoms with Crippen molar-refractivity contribution in [2.75, 3.05) is 66.1 Å². The standard InChI is InChI=1S/C20H39N5O2.HI/c1-4-20(8-6-7-9-20)17-23-19(21-5-2)25-13-11-24(12-14-25)16-18(26)22-10-15-27-3;/h4-17H2,1-3H3,(H,21,23)(H,22,26);1H. The van der Waals surface area contributed by atoms with Crippen LogP contribution in [0.4, 0.5) is 0 Å². The molecule has 8 heteroatoms. The smallest absolute Gasteiger partial charge is 0.234 e. The lowest BCUT2D eigenvalue weighted by Gasteiger charge is -2.36. The molecule has 28 heavy (non-hydrogen) atoms. The number of rotatable bonds is 9. The maximum absolute atomic E-state index is 12.0. The molecule has 0 unspecified atom stereocenters. The molecule has 0 aromatic rings. The van der Waals surface area contributed by atoms with E-state index in [-0.39, 0.29) is 29.9 Å². The first-order valence-electron chi connectivity index (χ1n) is 10.6. The Bertz CT molecular complexity index is 475. The topological polar surface area (TPSA) is 69.2 Å². The Morgan fingerprint density at radius 3 is 2.36 bits per heavy atom. The van der Waals surface area contributed by atoms with Crippen molar-refractivity contribution in [2.45, 2.75) is 46.0 Å². The number of hydrogen-bond donors (Lipinski definition) is 2. The Balaban J connectivity index is 0.00000392. The molecule has 1 aliphatic carbocycles. The molecule has 1 amide bonds. The molecule has 2 fully saturated rings. The average molecular weight is 509 g/mol. The van der Waals surface area contributed by atoms with Crippen LogP contribution >= 0.6 is 24.0 Å². The molecule has 1 saturated heterocycles. The van der Waals surface area contributed by atoms with E-state index in [2.05, 4.69) is 34.3 Å².